The number of nitriles is 1. The first-order valence-electron chi connectivity index (χ1n) is 16.1. The predicted molar refractivity (Wildman–Crippen MR) is 159 cm³/mol. The Bertz CT molecular complexity index is 1230. The van der Waals surface area contributed by atoms with Gasteiger partial charge in [0.1, 0.15) is 11.7 Å². The van der Waals surface area contributed by atoms with Crippen LogP contribution in [0, 0.1) is 55.7 Å². The van der Waals surface area contributed by atoms with E-state index in [2.05, 4.69) is 61.5 Å². The normalized spacial score (nSPS) is 45.6. The van der Waals surface area contributed by atoms with E-state index < -0.39 is 16.4 Å². The van der Waals surface area contributed by atoms with Crippen molar-refractivity contribution in [3.63, 3.8) is 0 Å². The highest BCUT2D eigenvalue weighted by atomic mass is 16.5. The Hall–Kier alpha value is -1.73. The van der Waals surface area contributed by atoms with Gasteiger partial charge in [-0.1, -0.05) is 88.2 Å². The first-order chi connectivity index (χ1) is 18.4. The summed E-state index contributed by atoms with van der Waals surface area (Å²) in [5, 5.41) is 9.99. The molecular formula is C36H53NO3. The Balaban J connectivity index is 1.76. The quantitative estimate of drug-likeness (QED) is 0.346. The Kier molecular flexibility index (Phi) is 6.61. The molecule has 220 valence electrons. The van der Waals surface area contributed by atoms with E-state index in [1.807, 2.05) is 26.0 Å². The van der Waals surface area contributed by atoms with Gasteiger partial charge in [0.25, 0.3) is 0 Å². The van der Waals surface area contributed by atoms with Gasteiger partial charge in [0.05, 0.1) is 11.7 Å². The summed E-state index contributed by atoms with van der Waals surface area (Å²) in [4.78, 5) is 28.4. The van der Waals surface area contributed by atoms with E-state index in [-0.39, 0.29) is 56.7 Å². The molecule has 1 spiro atoms. The summed E-state index contributed by atoms with van der Waals surface area (Å²) in [6, 6.07) is 2.22. The molecule has 0 radical (unpaired) electrons. The molecule has 4 aliphatic carbocycles. The average Bonchev–Trinajstić information content (AvgIpc) is 3.06. The smallest absolute Gasteiger partial charge is 0.188 e. The standard InChI is InChI=1S/C36H53NO3/c1-11-13-14-28-35(12-2)18-17-34(10)33(9)16-15-24-31(6,7)29(39)23(22-37)20-32(24,8)25(33)19-27(38)36(34,40-28)26(35)21-30(3,4)5/h19-20,24,26,28H,11-18,21H2,1-10H3/t24-,26?,28?,32-,33+,34-,35-,36+/m0/s1. The molecule has 1 saturated heterocycles. The molecule has 3 fully saturated rings. The van der Waals surface area contributed by atoms with Crippen LogP contribution in [0.2, 0.25) is 0 Å². The second kappa shape index (κ2) is 8.89. The lowest BCUT2D eigenvalue weighted by Crippen LogP contribution is -2.71. The van der Waals surface area contributed by atoms with Crippen LogP contribution in [0.1, 0.15) is 127 Å². The van der Waals surface area contributed by atoms with Crippen molar-refractivity contribution in [2.24, 2.45) is 44.3 Å². The number of hydrogen-bond donors (Lipinski definition) is 0. The SMILES string of the molecule is CCCCC1O[C@]23C(=O)C=C4[C@@]5(C)C=C(C#N)C(=O)C(C)(C)[C@@H]5CC[C@@]4(C)[C@]2(C)CC[C@@]1(CC)C3CC(C)(C)C. The molecule has 2 saturated carbocycles. The van der Waals surface area contributed by atoms with E-state index in [1.54, 1.807) is 0 Å². The number of ether oxygens (including phenoxy) is 1. The van der Waals surface area contributed by atoms with Crippen molar-refractivity contribution in [1.29, 1.82) is 5.26 Å². The highest BCUT2D eigenvalue weighted by Crippen LogP contribution is 2.78. The van der Waals surface area contributed by atoms with E-state index >= 15 is 4.79 Å². The number of unbranched alkanes of at least 4 members (excludes halogenated alkanes) is 1. The maximum absolute atomic E-state index is 15.0. The minimum atomic E-state index is -0.837. The van der Waals surface area contributed by atoms with E-state index in [4.69, 9.17) is 4.74 Å². The van der Waals surface area contributed by atoms with Gasteiger partial charge < -0.3 is 4.74 Å². The van der Waals surface area contributed by atoms with Gasteiger partial charge in [-0.15, -0.1) is 0 Å². The molecule has 5 aliphatic rings. The fourth-order valence-electron chi connectivity index (χ4n) is 11.1. The third kappa shape index (κ3) is 3.40. The molecule has 8 atom stereocenters. The zero-order valence-electron chi connectivity index (χ0n) is 26.9. The van der Waals surface area contributed by atoms with Crippen molar-refractivity contribution in [3.8, 4) is 6.07 Å². The Morgan fingerprint density at radius 3 is 2.30 bits per heavy atom. The van der Waals surface area contributed by atoms with Crippen LogP contribution in [0.4, 0.5) is 0 Å². The monoisotopic (exact) mass is 547 g/mol. The van der Waals surface area contributed by atoms with E-state index in [0.29, 0.717) is 0 Å². The van der Waals surface area contributed by atoms with Crippen molar-refractivity contribution in [2.75, 3.05) is 0 Å². The third-order valence-electron chi connectivity index (χ3n) is 13.3. The summed E-state index contributed by atoms with van der Waals surface area (Å²) >= 11 is 0. The number of carbonyl (C=O) groups excluding carboxylic acids is 2. The summed E-state index contributed by atoms with van der Waals surface area (Å²) in [6.07, 6.45) is 13.2. The van der Waals surface area contributed by atoms with Gasteiger partial charge in [-0.25, -0.2) is 0 Å². The summed E-state index contributed by atoms with van der Waals surface area (Å²) in [6.45, 7) is 22.5. The Labute approximate surface area is 243 Å². The first-order valence-corrected chi connectivity index (χ1v) is 16.1. The van der Waals surface area contributed by atoms with Crippen LogP contribution in [-0.4, -0.2) is 23.3 Å². The highest BCUT2D eigenvalue weighted by Gasteiger charge is 2.80. The Morgan fingerprint density at radius 1 is 1.05 bits per heavy atom. The van der Waals surface area contributed by atoms with Crippen LogP contribution in [0.5, 0.6) is 0 Å². The number of carbonyl (C=O) groups is 2. The molecule has 0 aromatic rings. The number of allylic oxidation sites excluding steroid dienone is 3. The van der Waals surface area contributed by atoms with Gasteiger partial charge >= 0.3 is 0 Å². The molecule has 40 heavy (non-hydrogen) atoms. The number of ketones is 2. The molecule has 0 amide bonds. The summed E-state index contributed by atoms with van der Waals surface area (Å²) < 4.78 is 7.41. The van der Waals surface area contributed by atoms with E-state index in [1.165, 1.54) is 0 Å². The maximum atomic E-state index is 15.0. The van der Waals surface area contributed by atoms with Gasteiger partial charge in [-0.3, -0.25) is 9.59 Å². The van der Waals surface area contributed by atoms with E-state index in [9.17, 15) is 10.1 Å². The Morgan fingerprint density at radius 2 is 1.73 bits per heavy atom. The number of Topliss-reactive ketones (excluding diaryl/α,β-unsaturated/α-hetero) is 1. The molecular weight excluding hydrogens is 494 g/mol. The summed E-state index contributed by atoms with van der Waals surface area (Å²) in [5.74, 6) is 0.324. The number of fused-ring (bicyclic) bond motifs is 5. The van der Waals surface area contributed by atoms with Gasteiger partial charge in [0.15, 0.2) is 11.6 Å². The van der Waals surface area contributed by atoms with Crippen LogP contribution in [0.15, 0.2) is 23.3 Å². The van der Waals surface area contributed by atoms with Gasteiger partial charge in [0.2, 0.25) is 0 Å². The zero-order chi connectivity index (χ0) is 29.7. The molecule has 5 rings (SSSR count). The van der Waals surface area contributed by atoms with Crippen molar-refractivity contribution < 1.29 is 14.3 Å². The third-order valence-corrected chi connectivity index (χ3v) is 13.3. The average molecular weight is 548 g/mol. The lowest BCUT2D eigenvalue weighted by Gasteiger charge is -2.69. The molecule has 0 aromatic heterocycles. The number of nitrogens with zero attached hydrogens (tertiary/aromatic N) is 1. The predicted octanol–water partition coefficient (Wildman–Crippen LogP) is 8.55. The minimum Gasteiger partial charge on any atom is -0.362 e. The van der Waals surface area contributed by atoms with Crippen LogP contribution in [0.3, 0.4) is 0 Å². The topological polar surface area (TPSA) is 67.2 Å². The molecule has 4 nitrogen and oxygen atoms in total. The molecule has 2 unspecified atom stereocenters. The molecule has 2 bridgehead atoms. The lowest BCUT2D eigenvalue weighted by atomic mass is 9.34. The van der Waals surface area contributed by atoms with Crippen molar-refractivity contribution >= 4 is 11.6 Å². The first kappa shape index (κ1) is 29.8. The van der Waals surface area contributed by atoms with Crippen molar-refractivity contribution in [2.45, 2.75) is 139 Å². The number of hydrogen-bond acceptors (Lipinski definition) is 4. The van der Waals surface area contributed by atoms with Gasteiger partial charge in [-0.05, 0) is 73.3 Å². The van der Waals surface area contributed by atoms with Crippen LogP contribution in [0.25, 0.3) is 0 Å². The second-order valence-corrected chi connectivity index (χ2v) is 16.6. The molecule has 0 aromatic carbocycles. The summed E-state index contributed by atoms with van der Waals surface area (Å²) in [7, 11) is 0. The molecule has 1 aliphatic heterocycles. The summed E-state index contributed by atoms with van der Waals surface area (Å²) in [5.41, 5.74) is -1.15. The van der Waals surface area contributed by atoms with Crippen LogP contribution < -0.4 is 0 Å². The molecule has 0 N–H and O–H groups in total. The molecule has 4 heteroatoms. The van der Waals surface area contributed by atoms with Gasteiger partial charge in [-0.2, -0.15) is 5.26 Å². The van der Waals surface area contributed by atoms with Crippen LogP contribution in [-0.2, 0) is 14.3 Å². The molecule has 1 heterocycles. The number of rotatable bonds is 5. The van der Waals surface area contributed by atoms with Crippen LogP contribution >= 0.6 is 0 Å². The van der Waals surface area contributed by atoms with E-state index in [0.717, 1.165) is 63.4 Å². The maximum Gasteiger partial charge on any atom is 0.188 e. The lowest BCUT2D eigenvalue weighted by molar-refractivity contribution is -0.206. The largest absolute Gasteiger partial charge is 0.362 e. The van der Waals surface area contributed by atoms with Crippen molar-refractivity contribution in [1.82, 2.24) is 0 Å². The second-order valence-electron chi connectivity index (χ2n) is 16.6. The fourth-order valence-corrected chi connectivity index (χ4v) is 11.1. The minimum absolute atomic E-state index is 0.0214. The fraction of sp³-hybridized carbons (Fsp3) is 0.806. The zero-order valence-corrected chi connectivity index (χ0v) is 26.9. The van der Waals surface area contributed by atoms with Crippen molar-refractivity contribution in [3.05, 3.63) is 23.3 Å². The van der Waals surface area contributed by atoms with Gasteiger partial charge in [0, 0.05) is 27.6 Å². The highest BCUT2D eigenvalue weighted by molar-refractivity contribution is 6.05.